The Morgan fingerprint density at radius 3 is 2.30 bits per heavy atom. The van der Waals surface area contributed by atoms with E-state index in [4.69, 9.17) is 28.9 Å². The molecule has 0 aromatic heterocycles. The molecular weight excluding hydrogens is 293 g/mol. The van der Waals surface area contributed by atoms with Crippen LogP contribution in [0.5, 0.6) is 0 Å². The molecular formula is C16H21Cl2NO. The summed E-state index contributed by atoms with van der Waals surface area (Å²) in [4.78, 5) is 12.7. The summed E-state index contributed by atoms with van der Waals surface area (Å²) in [6.45, 7) is 0.452. The van der Waals surface area contributed by atoms with Crippen molar-refractivity contribution < 1.29 is 4.79 Å². The summed E-state index contributed by atoms with van der Waals surface area (Å²) < 4.78 is 0. The molecule has 1 fully saturated rings. The normalized spacial score (nSPS) is 18.6. The fourth-order valence-electron chi connectivity index (χ4n) is 3.02. The molecule has 1 aliphatic rings. The lowest BCUT2D eigenvalue weighted by Crippen LogP contribution is -2.39. The summed E-state index contributed by atoms with van der Waals surface area (Å²) in [5.41, 5.74) is 6.54. The van der Waals surface area contributed by atoms with Crippen LogP contribution in [0.25, 0.3) is 0 Å². The van der Waals surface area contributed by atoms with Gasteiger partial charge in [-0.2, -0.15) is 0 Å². The van der Waals surface area contributed by atoms with E-state index in [1.54, 1.807) is 12.1 Å². The van der Waals surface area contributed by atoms with Crippen molar-refractivity contribution in [3.8, 4) is 0 Å². The van der Waals surface area contributed by atoms with E-state index in [9.17, 15) is 4.79 Å². The largest absolute Gasteiger partial charge is 0.329 e. The third-order valence-electron chi connectivity index (χ3n) is 4.39. The number of carbonyl (C=O) groups excluding carboxylic acids is 1. The van der Waals surface area contributed by atoms with E-state index in [1.807, 2.05) is 6.07 Å². The first kappa shape index (κ1) is 15.8. The number of nitrogens with two attached hydrogens (primary N) is 1. The summed E-state index contributed by atoms with van der Waals surface area (Å²) >= 11 is 11.9. The minimum atomic E-state index is -0.331. The molecule has 20 heavy (non-hydrogen) atoms. The predicted molar refractivity (Wildman–Crippen MR) is 84.4 cm³/mol. The second-order valence-electron chi connectivity index (χ2n) is 5.75. The molecule has 1 aromatic carbocycles. The zero-order valence-corrected chi connectivity index (χ0v) is 13.1. The Morgan fingerprint density at radius 1 is 1.10 bits per heavy atom. The second-order valence-corrected chi connectivity index (χ2v) is 6.56. The molecule has 0 atom stereocenters. The maximum absolute atomic E-state index is 12.7. The lowest BCUT2D eigenvalue weighted by Gasteiger charge is -2.29. The molecule has 0 aliphatic heterocycles. The van der Waals surface area contributed by atoms with Crippen molar-refractivity contribution in [1.82, 2.24) is 0 Å². The van der Waals surface area contributed by atoms with Gasteiger partial charge in [0, 0.05) is 18.4 Å². The Kier molecular flexibility index (Phi) is 5.48. The Balaban J connectivity index is 2.14. The van der Waals surface area contributed by atoms with Crippen molar-refractivity contribution in [2.75, 3.05) is 6.54 Å². The summed E-state index contributed by atoms with van der Waals surface area (Å²) in [5.74, 6) is 0.250. The fourth-order valence-corrected chi connectivity index (χ4v) is 3.35. The van der Waals surface area contributed by atoms with Gasteiger partial charge in [-0.25, -0.2) is 0 Å². The predicted octanol–water partition coefficient (Wildman–Crippen LogP) is 4.40. The smallest absolute Gasteiger partial charge is 0.144 e. The molecule has 110 valence electrons. The van der Waals surface area contributed by atoms with Gasteiger partial charge in [0.25, 0.3) is 0 Å². The second kappa shape index (κ2) is 6.93. The number of carbonyl (C=O) groups is 1. The van der Waals surface area contributed by atoms with E-state index in [2.05, 4.69) is 0 Å². The zero-order valence-electron chi connectivity index (χ0n) is 11.6. The number of hydrogen-bond acceptors (Lipinski definition) is 2. The van der Waals surface area contributed by atoms with Crippen molar-refractivity contribution in [2.24, 2.45) is 11.1 Å². The van der Waals surface area contributed by atoms with Crippen molar-refractivity contribution in [1.29, 1.82) is 0 Å². The monoisotopic (exact) mass is 313 g/mol. The molecule has 2 N–H and O–H groups in total. The maximum Gasteiger partial charge on any atom is 0.144 e. The highest BCUT2D eigenvalue weighted by atomic mass is 35.5. The topological polar surface area (TPSA) is 43.1 Å². The van der Waals surface area contributed by atoms with Gasteiger partial charge in [0.15, 0.2) is 0 Å². The molecule has 0 saturated heterocycles. The molecule has 0 bridgehead atoms. The van der Waals surface area contributed by atoms with E-state index < -0.39 is 0 Å². The fraction of sp³-hybridized carbons (Fsp3) is 0.562. The van der Waals surface area contributed by atoms with Crippen molar-refractivity contribution in [2.45, 2.75) is 44.9 Å². The number of halogens is 2. The minimum Gasteiger partial charge on any atom is -0.329 e. The van der Waals surface area contributed by atoms with Gasteiger partial charge in [-0.1, -0.05) is 55.0 Å². The van der Waals surface area contributed by atoms with Gasteiger partial charge in [-0.05, 0) is 30.5 Å². The van der Waals surface area contributed by atoms with Crippen LogP contribution in [0.2, 0.25) is 10.0 Å². The number of hydrogen-bond donors (Lipinski definition) is 1. The zero-order chi connectivity index (χ0) is 14.6. The molecule has 0 radical (unpaired) electrons. The molecule has 1 saturated carbocycles. The summed E-state index contributed by atoms with van der Waals surface area (Å²) in [5, 5.41) is 1.02. The van der Waals surface area contributed by atoms with Crippen LogP contribution in [0.15, 0.2) is 18.2 Å². The van der Waals surface area contributed by atoms with Crippen LogP contribution in [-0.4, -0.2) is 12.3 Å². The minimum absolute atomic E-state index is 0.250. The van der Waals surface area contributed by atoms with Gasteiger partial charge in [-0.15, -0.1) is 0 Å². The maximum atomic E-state index is 12.7. The quantitative estimate of drug-likeness (QED) is 0.837. The van der Waals surface area contributed by atoms with Gasteiger partial charge in [-0.3, -0.25) is 4.79 Å². The molecule has 0 heterocycles. The van der Waals surface area contributed by atoms with Gasteiger partial charge in [0.1, 0.15) is 5.78 Å². The third-order valence-corrected chi connectivity index (χ3v) is 5.13. The van der Waals surface area contributed by atoms with E-state index in [0.717, 1.165) is 31.2 Å². The van der Waals surface area contributed by atoms with E-state index in [1.165, 1.54) is 12.8 Å². The van der Waals surface area contributed by atoms with Crippen LogP contribution in [0.1, 0.15) is 44.1 Å². The standard InChI is InChI=1S/C16H21Cl2NO/c17-13-6-5-12(9-14(13)18)10-15(20)16(11-19)7-3-1-2-4-8-16/h5-6,9H,1-4,7-8,10-11,19H2. The molecule has 0 amide bonds. The average Bonchev–Trinajstić information content (AvgIpc) is 2.69. The average molecular weight is 314 g/mol. The summed E-state index contributed by atoms with van der Waals surface area (Å²) in [6, 6.07) is 5.39. The highest BCUT2D eigenvalue weighted by Crippen LogP contribution is 2.36. The Bertz CT molecular complexity index is 479. The first-order valence-corrected chi connectivity index (χ1v) is 8.00. The lowest BCUT2D eigenvalue weighted by molar-refractivity contribution is -0.128. The highest BCUT2D eigenvalue weighted by Gasteiger charge is 2.36. The highest BCUT2D eigenvalue weighted by molar-refractivity contribution is 6.42. The first-order valence-electron chi connectivity index (χ1n) is 7.25. The number of benzene rings is 1. The number of rotatable bonds is 4. The Hall–Kier alpha value is -0.570. The molecule has 0 spiro atoms. The van der Waals surface area contributed by atoms with Crippen LogP contribution in [0.4, 0.5) is 0 Å². The van der Waals surface area contributed by atoms with Gasteiger partial charge in [0.05, 0.1) is 10.0 Å². The molecule has 1 aromatic rings. The van der Waals surface area contributed by atoms with Crippen molar-refractivity contribution >= 4 is 29.0 Å². The summed E-state index contributed by atoms with van der Waals surface area (Å²) in [7, 11) is 0. The Labute approximate surface area is 130 Å². The number of Topliss-reactive ketones (excluding diaryl/α,β-unsaturated/α-hetero) is 1. The molecule has 0 unspecified atom stereocenters. The third kappa shape index (κ3) is 3.55. The molecule has 2 rings (SSSR count). The van der Waals surface area contributed by atoms with E-state index in [-0.39, 0.29) is 11.2 Å². The molecule has 1 aliphatic carbocycles. The van der Waals surface area contributed by atoms with Crippen LogP contribution in [0, 0.1) is 5.41 Å². The number of ketones is 1. The van der Waals surface area contributed by atoms with Gasteiger partial charge < -0.3 is 5.73 Å². The van der Waals surface area contributed by atoms with Gasteiger partial charge in [0.2, 0.25) is 0 Å². The van der Waals surface area contributed by atoms with Crippen LogP contribution < -0.4 is 5.73 Å². The SMILES string of the molecule is NCC1(C(=O)Cc2ccc(Cl)c(Cl)c2)CCCCCC1. The van der Waals surface area contributed by atoms with E-state index in [0.29, 0.717) is 23.0 Å². The van der Waals surface area contributed by atoms with Crippen molar-refractivity contribution in [3.63, 3.8) is 0 Å². The lowest BCUT2D eigenvalue weighted by atomic mass is 9.75. The van der Waals surface area contributed by atoms with E-state index >= 15 is 0 Å². The Morgan fingerprint density at radius 2 is 1.75 bits per heavy atom. The first-order chi connectivity index (χ1) is 9.57. The molecule has 4 heteroatoms. The van der Waals surface area contributed by atoms with Gasteiger partial charge >= 0.3 is 0 Å². The van der Waals surface area contributed by atoms with Crippen LogP contribution in [0.3, 0.4) is 0 Å². The van der Waals surface area contributed by atoms with Crippen LogP contribution in [-0.2, 0) is 11.2 Å². The van der Waals surface area contributed by atoms with Crippen molar-refractivity contribution in [3.05, 3.63) is 33.8 Å². The molecule has 2 nitrogen and oxygen atoms in total. The summed E-state index contributed by atoms with van der Waals surface area (Å²) in [6.07, 6.45) is 6.86. The van der Waals surface area contributed by atoms with Crippen LogP contribution >= 0.6 is 23.2 Å².